The molecule has 1 atom stereocenters. The lowest BCUT2D eigenvalue weighted by Crippen LogP contribution is -2.61. The Morgan fingerprint density at radius 1 is 0.947 bits per heavy atom. The minimum atomic E-state index is -0.338. The Kier molecular flexibility index (Phi) is 3.05. The summed E-state index contributed by atoms with van der Waals surface area (Å²) >= 11 is 0. The third-order valence-electron chi connectivity index (χ3n) is 3.54. The summed E-state index contributed by atoms with van der Waals surface area (Å²) in [5, 5.41) is 0. The van der Waals surface area contributed by atoms with Crippen molar-refractivity contribution in [3.05, 3.63) is 71.8 Å². The van der Waals surface area contributed by atoms with Gasteiger partial charge in [-0.2, -0.15) is 0 Å². The summed E-state index contributed by atoms with van der Waals surface area (Å²) in [5.74, 6) is 0.0257. The molecular formula is C16H16N2O. The van der Waals surface area contributed by atoms with Gasteiger partial charge in [0.25, 0.3) is 0 Å². The van der Waals surface area contributed by atoms with Crippen molar-refractivity contribution >= 4 is 5.91 Å². The lowest BCUT2D eigenvalue weighted by atomic mass is 9.93. The van der Waals surface area contributed by atoms with Crippen LogP contribution in [0.25, 0.3) is 0 Å². The summed E-state index contributed by atoms with van der Waals surface area (Å²) in [6, 6.07) is 19.8. The highest BCUT2D eigenvalue weighted by Crippen LogP contribution is 2.32. The maximum absolute atomic E-state index is 12.0. The Balaban J connectivity index is 2.00. The zero-order valence-corrected chi connectivity index (χ0v) is 10.6. The zero-order valence-electron chi connectivity index (χ0n) is 10.6. The Morgan fingerprint density at radius 2 is 1.42 bits per heavy atom. The normalized spacial score (nSPS) is 18.5. The van der Waals surface area contributed by atoms with Crippen LogP contribution >= 0.6 is 0 Å². The molecule has 96 valence electrons. The predicted octanol–water partition coefficient (Wildman–Crippen LogP) is 1.95. The molecule has 0 radical (unpaired) electrons. The second-order valence-corrected chi connectivity index (χ2v) is 4.82. The maximum Gasteiger partial charge on any atom is 0.242 e. The molecule has 1 heterocycles. The van der Waals surface area contributed by atoms with Crippen molar-refractivity contribution in [1.29, 1.82) is 0 Å². The number of likely N-dealkylation sites (tertiary alicyclic amines) is 1. The number of hydrogen-bond donors (Lipinski definition) is 1. The third-order valence-corrected chi connectivity index (χ3v) is 3.54. The first-order chi connectivity index (χ1) is 9.27. The molecule has 3 nitrogen and oxygen atoms in total. The lowest BCUT2D eigenvalue weighted by molar-refractivity contribution is -0.144. The molecule has 0 aromatic heterocycles. The van der Waals surface area contributed by atoms with Crippen LogP contribution < -0.4 is 5.73 Å². The van der Waals surface area contributed by atoms with Gasteiger partial charge in [-0.05, 0) is 11.1 Å². The standard InChI is InChI=1S/C16H16N2O/c17-14-11-18(16(14)19)15(12-7-3-1-4-8-12)13-9-5-2-6-10-13/h1-10,14-15H,11,17H2. The molecule has 0 spiro atoms. The van der Waals surface area contributed by atoms with Gasteiger partial charge >= 0.3 is 0 Å². The molecule has 1 saturated heterocycles. The Hall–Kier alpha value is -2.13. The number of hydrogen-bond acceptors (Lipinski definition) is 2. The van der Waals surface area contributed by atoms with Gasteiger partial charge in [-0.25, -0.2) is 0 Å². The Bertz CT molecular complexity index is 528. The number of β-lactam (4-membered cyclic amide) rings is 1. The van der Waals surface area contributed by atoms with E-state index in [1.807, 2.05) is 41.3 Å². The van der Waals surface area contributed by atoms with Gasteiger partial charge in [0.1, 0.15) is 6.04 Å². The van der Waals surface area contributed by atoms with Gasteiger partial charge in [-0.1, -0.05) is 60.7 Å². The molecule has 19 heavy (non-hydrogen) atoms. The van der Waals surface area contributed by atoms with Crippen molar-refractivity contribution < 1.29 is 4.79 Å². The van der Waals surface area contributed by atoms with Crippen molar-refractivity contribution in [2.24, 2.45) is 5.73 Å². The molecule has 0 aliphatic carbocycles. The molecule has 2 aromatic carbocycles. The number of carbonyl (C=O) groups is 1. The first-order valence-corrected chi connectivity index (χ1v) is 6.43. The minimum absolute atomic E-state index is 0.0257. The highest BCUT2D eigenvalue weighted by atomic mass is 16.2. The first-order valence-electron chi connectivity index (χ1n) is 6.43. The van der Waals surface area contributed by atoms with Crippen LogP contribution in [0.15, 0.2) is 60.7 Å². The number of rotatable bonds is 3. The van der Waals surface area contributed by atoms with E-state index < -0.39 is 0 Å². The molecule has 3 rings (SSSR count). The number of amides is 1. The summed E-state index contributed by atoms with van der Waals surface area (Å²) in [6.07, 6.45) is 0. The van der Waals surface area contributed by atoms with Crippen molar-refractivity contribution in [2.75, 3.05) is 6.54 Å². The average Bonchev–Trinajstić information content (AvgIpc) is 2.49. The van der Waals surface area contributed by atoms with E-state index in [1.54, 1.807) is 0 Å². The van der Waals surface area contributed by atoms with Gasteiger partial charge in [0.15, 0.2) is 0 Å². The van der Waals surface area contributed by atoms with E-state index in [-0.39, 0.29) is 18.0 Å². The van der Waals surface area contributed by atoms with Gasteiger partial charge in [0, 0.05) is 6.54 Å². The molecular weight excluding hydrogens is 236 g/mol. The van der Waals surface area contributed by atoms with Crippen LogP contribution in [-0.4, -0.2) is 23.4 Å². The highest BCUT2D eigenvalue weighted by molar-refractivity contribution is 5.88. The molecule has 1 unspecified atom stereocenters. The number of benzene rings is 2. The van der Waals surface area contributed by atoms with Crippen LogP contribution in [-0.2, 0) is 4.79 Å². The largest absolute Gasteiger partial charge is 0.328 e. The summed E-state index contributed by atoms with van der Waals surface area (Å²) < 4.78 is 0. The van der Waals surface area contributed by atoms with Crippen LogP contribution in [0, 0.1) is 0 Å². The number of carbonyl (C=O) groups excluding carboxylic acids is 1. The van der Waals surface area contributed by atoms with Gasteiger partial charge in [-0.15, -0.1) is 0 Å². The minimum Gasteiger partial charge on any atom is -0.328 e. The van der Waals surface area contributed by atoms with E-state index in [0.717, 1.165) is 11.1 Å². The second-order valence-electron chi connectivity index (χ2n) is 4.82. The molecule has 0 saturated carbocycles. The highest BCUT2D eigenvalue weighted by Gasteiger charge is 2.39. The smallest absolute Gasteiger partial charge is 0.242 e. The van der Waals surface area contributed by atoms with Crippen molar-refractivity contribution in [3.63, 3.8) is 0 Å². The monoisotopic (exact) mass is 252 g/mol. The van der Waals surface area contributed by atoms with Gasteiger partial charge in [0.05, 0.1) is 6.04 Å². The first kappa shape index (κ1) is 11.9. The maximum atomic E-state index is 12.0. The van der Waals surface area contributed by atoms with Crippen LogP contribution in [0.5, 0.6) is 0 Å². The van der Waals surface area contributed by atoms with Gasteiger partial charge < -0.3 is 10.6 Å². The molecule has 0 bridgehead atoms. The fraction of sp³-hybridized carbons (Fsp3) is 0.188. The quantitative estimate of drug-likeness (QED) is 0.849. The molecule has 3 heteroatoms. The van der Waals surface area contributed by atoms with Crippen LogP contribution in [0.2, 0.25) is 0 Å². The third kappa shape index (κ3) is 2.13. The Morgan fingerprint density at radius 3 is 1.79 bits per heavy atom. The molecule has 1 aliphatic rings. The average molecular weight is 252 g/mol. The topological polar surface area (TPSA) is 46.3 Å². The van der Waals surface area contributed by atoms with E-state index in [1.165, 1.54) is 0 Å². The number of nitrogens with zero attached hydrogens (tertiary/aromatic N) is 1. The SMILES string of the molecule is NC1CN(C(c2ccccc2)c2ccccc2)C1=O. The summed E-state index contributed by atoms with van der Waals surface area (Å²) in [5.41, 5.74) is 7.95. The second kappa shape index (κ2) is 4.86. The van der Waals surface area contributed by atoms with E-state index in [0.29, 0.717) is 6.54 Å². The summed E-state index contributed by atoms with van der Waals surface area (Å²) in [6.45, 7) is 0.618. The molecule has 2 aromatic rings. The van der Waals surface area contributed by atoms with Gasteiger partial charge in [-0.3, -0.25) is 4.79 Å². The van der Waals surface area contributed by atoms with Gasteiger partial charge in [0.2, 0.25) is 5.91 Å². The van der Waals surface area contributed by atoms with E-state index in [2.05, 4.69) is 24.3 Å². The fourth-order valence-electron chi connectivity index (χ4n) is 2.54. The molecule has 1 aliphatic heterocycles. The van der Waals surface area contributed by atoms with Crippen molar-refractivity contribution in [1.82, 2.24) is 4.90 Å². The van der Waals surface area contributed by atoms with Crippen molar-refractivity contribution in [3.8, 4) is 0 Å². The molecule has 2 N–H and O–H groups in total. The summed E-state index contributed by atoms with van der Waals surface area (Å²) in [7, 11) is 0. The fourth-order valence-corrected chi connectivity index (χ4v) is 2.54. The van der Waals surface area contributed by atoms with E-state index in [9.17, 15) is 4.79 Å². The van der Waals surface area contributed by atoms with E-state index >= 15 is 0 Å². The molecule has 1 amide bonds. The van der Waals surface area contributed by atoms with Crippen LogP contribution in [0.4, 0.5) is 0 Å². The van der Waals surface area contributed by atoms with Crippen LogP contribution in [0.1, 0.15) is 17.2 Å². The number of nitrogens with two attached hydrogens (primary N) is 1. The molecule has 1 fully saturated rings. The summed E-state index contributed by atoms with van der Waals surface area (Å²) in [4.78, 5) is 13.8. The van der Waals surface area contributed by atoms with Crippen molar-refractivity contribution in [2.45, 2.75) is 12.1 Å². The predicted molar refractivity (Wildman–Crippen MR) is 74.4 cm³/mol. The van der Waals surface area contributed by atoms with E-state index in [4.69, 9.17) is 5.73 Å². The lowest BCUT2D eigenvalue weighted by Gasteiger charge is -2.42. The van der Waals surface area contributed by atoms with Crippen LogP contribution in [0.3, 0.4) is 0 Å². The zero-order chi connectivity index (χ0) is 13.2. The Labute approximate surface area is 112 Å².